The summed E-state index contributed by atoms with van der Waals surface area (Å²) in [5.41, 5.74) is 3.56. The third-order valence-electron chi connectivity index (χ3n) is 7.77. The van der Waals surface area contributed by atoms with E-state index >= 15 is 0 Å². The Morgan fingerprint density at radius 1 is 0.974 bits per heavy atom. The van der Waals surface area contributed by atoms with Crippen molar-refractivity contribution >= 4 is 23.2 Å². The molecule has 3 aromatic rings. The number of carbonyl (C=O) groups excluding carboxylic acids is 1. The highest BCUT2D eigenvalue weighted by atomic mass is 35.5. The summed E-state index contributed by atoms with van der Waals surface area (Å²) >= 11 is 6.18. The molecule has 2 aliphatic rings. The fourth-order valence-corrected chi connectivity index (χ4v) is 5.90. The van der Waals surface area contributed by atoms with Crippen molar-refractivity contribution in [2.24, 2.45) is 7.05 Å². The van der Waals surface area contributed by atoms with Gasteiger partial charge in [-0.05, 0) is 66.8 Å². The Hall–Kier alpha value is -2.96. The standard InChI is InChI=1S/C31H39ClN4O2/c1-33-14-11-26(23-33)21-31(37)36-13-3-2-8-28(36)12-19-38-30-10-4-6-25(20-30)24-34-15-17-35(18-16-34)29-9-5-7-27(32)22-29/h4-7,9-11,14,20,22-23,28H,2-3,8,12-13,15-19,21,24H2,1H3/t28-/m0/s1. The number of halogens is 1. The molecule has 0 saturated carbocycles. The first-order valence-electron chi connectivity index (χ1n) is 13.9. The van der Waals surface area contributed by atoms with Gasteiger partial charge in [0.1, 0.15) is 5.75 Å². The van der Waals surface area contributed by atoms with Gasteiger partial charge in [0.05, 0.1) is 13.0 Å². The third kappa shape index (κ3) is 7.12. The van der Waals surface area contributed by atoms with Gasteiger partial charge in [0.15, 0.2) is 0 Å². The highest BCUT2D eigenvalue weighted by Crippen LogP contribution is 2.24. The van der Waals surface area contributed by atoms with E-state index in [0.717, 1.165) is 74.9 Å². The Morgan fingerprint density at radius 2 is 1.82 bits per heavy atom. The van der Waals surface area contributed by atoms with E-state index in [0.29, 0.717) is 13.0 Å². The van der Waals surface area contributed by atoms with Crippen molar-refractivity contribution in [2.45, 2.75) is 44.7 Å². The number of ether oxygens (including phenoxy) is 1. The number of hydrogen-bond acceptors (Lipinski definition) is 4. The van der Waals surface area contributed by atoms with Crippen LogP contribution < -0.4 is 9.64 Å². The van der Waals surface area contributed by atoms with Crippen LogP contribution in [0.1, 0.15) is 36.8 Å². The average molecular weight is 535 g/mol. The molecule has 202 valence electrons. The van der Waals surface area contributed by atoms with E-state index < -0.39 is 0 Å². The number of aryl methyl sites for hydroxylation is 1. The number of amides is 1. The topological polar surface area (TPSA) is 41.0 Å². The van der Waals surface area contributed by atoms with E-state index in [4.69, 9.17) is 16.3 Å². The smallest absolute Gasteiger partial charge is 0.227 e. The van der Waals surface area contributed by atoms with Crippen molar-refractivity contribution < 1.29 is 9.53 Å². The van der Waals surface area contributed by atoms with Gasteiger partial charge < -0.3 is 19.1 Å². The van der Waals surface area contributed by atoms with Crippen LogP contribution in [0.15, 0.2) is 67.0 Å². The molecular formula is C31H39ClN4O2. The van der Waals surface area contributed by atoms with Crippen LogP contribution in [0, 0.1) is 0 Å². The molecule has 5 rings (SSSR count). The number of piperazine rings is 1. The van der Waals surface area contributed by atoms with E-state index in [9.17, 15) is 4.79 Å². The summed E-state index contributed by atoms with van der Waals surface area (Å²) in [6, 6.07) is 18.9. The molecule has 3 heterocycles. The highest BCUT2D eigenvalue weighted by molar-refractivity contribution is 6.30. The Bertz CT molecular complexity index is 1200. The molecule has 0 radical (unpaired) electrons. The molecule has 7 heteroatoms. The zero-order chi connectivity index (χ0) is 26.3. The molecule has 0 bridgehead atoms. The Balaban J connectivity index is 1.08. The summed E-state index contributed by atoms with van der Waals surface area (Å²) in [5, 5.41) is 0.789. The molecule has 6 nitrogen and oxygen atoms in total. The van der Waals surface area contributed by atoms with Gasteiger partial charge in [0, 0.05) is 81.9 Å². The van der Waals surface area contributed by atoms with Gasteiger partial charge in [-0.15, -0.1) is 0 Å². The molecule has 1 atom stereocenters. The second kappa shape index (κ2) is 12.7. The third-order valence-corrected chi connectivity index (χ3v) is 8.00. The van der Waals surface area contributed by atoms with Crippen LogP contribution in [0.5, 0.6) is 5.75 Å². The minimum atomic E-state index is 0.235. The monoisotopic (exact) mass is 534 g/mol. The van der Waals surface area contributed by atoms with Crippen molar-refractivity contribution in [3.8, 4) is 5.75 Å². The largest absolute Gasteiger partial charge is 0.494 e. The first-order chi connectivity index (χ1) is 18.5. The van der Waals surface area contributed by atoms with Gasteiger partial charge in [-0.1, -0.05) is 29.8 Å². The van der Waals surface area contributed by atoms with E-state index in [1.807, 2.05) is 54.3 Å². The normalized spacial score (nSPS) is 18.5. The molecule has 38 heavy (non-hydrogen) atoms. The number of anilines is 1. The number of carbonyl (C=O) groups is 1. The molecule has 1 amide bonds. The van der Waals surface area contributed by atoms with Crippen molar-refractivity contribution in [1.82, 2.24) is 14.4 Å². The first-order valence-corrected chi connectivity index (χ1v) is 14.3. The molecule has 2 saturated heterocycles. The maximum absolute atomic E-state index is 13.0. The van der Waals surface area contributed by atoms with Gasteiger partial charge in [-0.2, -0.15) is 0 Å². The molecule has 0 aliphatic carbocycles. The van der Waals surface area contributed by atoms with E-state index in [2.05, 4.69) is 39.0 Å². The van der Waals surface area contributed by atoms with Crippen LogP contribution in [-0.4, -0.2) is 65.6 Å². The molecule has 2 aliphatic heterocycles. The van der Waals surface area contributed by atoms with Crippen LogP contribution in [0.3, 0.4) is 0 Å². The van der Waals surface area contributed by atoms with E-state index in [1.54, 1.807) is 0 Å². The lowest BCUT2D eigenvalue weighted by Crippen LogP contribution is -2.45. The minimum Gasteiger partial charge on any atom is -0.494 e. The predicted octanol–water partition coefficient (Wildman–Crippen LogP) is 5.39. The second-order valence-electron chi connectivity index (χ2n) is 10.6. The number of aromatic nitrogens is 1. The first kappa shape index (κ1) is 26.6. The summed E-state index contributed by atoms with van der Waals surface area (Å²) in [6.07, 6.45) is 8.72. The number of nitrogens with zero attached hydrogens (tertiary/aromatic N) is 4. The molecule has 0 unspecified atom stereocenters. The van der Waals surface area contributed by atoms with Crippen molar-refractivity contribution in [3.05, 3.63) is 83.1 Å². The Labute approximate surface area is 231 Å². The fourth-order valence-electron chi connectivity index (χ4n) is 5.71. The molecule has 0 spiro atoms. The van der Waals surface area contributed by atoms with Gasteiger partial charge >= 0.3 is 0 Å². The van der Waals surface area contributed by atoms with Crippen LogP contribution >= 0.6 is 11.6 Å². The number of likely N-dealkylation sites (tertiary alicyclic amines) is 1. The Kier molecular flexibility index (Phi) is 8.92. The molecule has 2 aromatic carbocycles. The summed E-state index contributed by atoms with van der Waals surface area (Å²) in [6.45, 7) is 6.44. The second-order valence-corrected chi connectivity index (χ2v) is 11.1. The molecule has 2 fully saturated rings. The van der Waals surface area contributed by atoms with Crippen molar-refractivity contribution in [1.29, 1.82) is 0 Å². The van der Waals surface area contributed by atoms with Gasteiger partial charge in [-0.25, -0.2) is 0 Å². The fraction of sp³-hybridized carbons (Fsp3) is 0.452. The lowest BCUT2D eigenvalue weighted by atomic mass is 9.98. The van der Waals surface area contributed by atoms with Crippen LogP contribution in [0.25, 0.3) is 0 Å². The summed E-state index contributed by atoms with van der Waals surface area (Å²) < 4.78 is 8.19. The van der Waals surface area contributed by atoms with Crippen molar-refractivity contribution in [3.63, 3.8) is 0 Å². The van der Waals surface area contributed by atoms with Crippen LogP contribution in [-0.2, 0) is 24.8 Å². The van der Waals surface area contributed by atoms with Gasteiger partial charge in [0.25, 0.3) is 0 Å². The van der Waals surface area contributed by atoms with E-state index in [-0.39, 0.29) is 11.9 Å². The highest BCUT2D eigenvalue weighted by Gasteiger charge is 2.26. The number of hydrogen-bond donors (Lipinski definition) is 0. The van der Waals surface area contributed by atoms with Crippen molar-refractivity contribution in [2.75, 3.05) is 44.2 Å². The number of piperidine rings is 1. The average Bonchev–Trinajstić information content (AvgIpc) is 3.34. The molecular weight excluding hydrogens is 496 g/mol. The maximum Gasteiger partial charge on any atom is 0.227 e. The summed E-state index contributed by atoms with van der Waals surface area (Å²) in [4.78, 5) is 20.0. The van der Waals surface area contributed by atoms with E-state index in [1.165, 1.54) is 17.7 Å². The lowest BCUT2D eigenvalue weighted by molar-refractivity contribution is -0.134. The predicted molar refractivity (Wildman–Crippen MR) is 154 cm³/mol. The molecule has 1 aromatic heterocycles. The lowest BCUT2D eigenvalue weighted by Gasteiger charge is -2.36. The Morgan fingerprint density at radius 3 is 2.61 bits per heavy atom. The minimum absolute atomic E-state index is 0.235. The number of rotatable bonds is 9. The zero-order valence-electron chi connectivity index (χ0n) is 22.4. The summed E-state index contributed by atoms with van der Waals surface area (Å²) in [5.74, 6) is 1.15. The van der Waals surface area contributed by atoms with Gasteiger partial charge in [-0.3, -0.25) is 9.69 Å². The van der Waals surface area contributed by atoms with Crippen LogP contribution in [0.2, 0.25) is 5.02 Å². The zero-order valence-corrected chi connectivity index (χ0v) is 23.2. The quantitative estimate of drug-likeness (QED) is 0.369. The van der Waals surface area contributed by atoms with Crippen LogP contribution in [0.4, 0.5) is 5.69 Å². The number of benzene rings is 2. The SMILES string of the molecule is Cn1ccc(CC(=O)N2CCCC[C@H]2CCOc2cccc(CN3CCN(c4cccc(Cl)c4)CC3)c2)c1. The maximum atomic E-state index is 13.0. The summed E-state index contributed by atoms with van der Waals surface area (Å²) in [7, 11) is 1.99. The van der Waals surface area contributed by atoms with Gasteiger partial charge in [0.2, 0.25) is 5.91 Å². The molecule has 0 N–H and O–H groups in total.